The molecule has 0 N–H and O–H groups in total. The Morgan fingerprint density at radius 2 is 1.78 bits per heavy atom. The fourth-order valence-electron chi connectivity index (χ4n) is 3.08. The molecular weight excluding hydrogens is 346 g/mol. The van der Waals surface area contributed by atoms with E-state index >= 15 is 0 Å². The smallest absolute Gasteiger partial charge is 0.337 e. The number of aryl methyl sites for hydroxylation is 2. The Morgan fingerprint density at radius 3 is 2.44 bits per heavy atom. The van der Waals surface area contributed by atoms with Crippen LogP contribution in [0.4, 0.5) is 5.69 Å². The van der Waals surface area contributed by atoms with Crippen LogP contribution >= 0.6 is 0 Å². The molecule has 0 unspecified atom stereocenters. The molecule has 1 amide bonds. The zero-order valence-electron chi connectivity index (χ0n) is 15.5. The molecular formula is C21H21NO5. The first-order valence-corrected chi connectivity index (χ1v) is 8.66. The lowest BCUT2D eigenvalue weighted by atomic mass is 10.1. The summed E-state index contributed by atoms with van der Waals surface area (Å²) in [5, 5.41) is 0. The van der Waals surface area contributed by atoms with Crippen LogP contribution in [0.2, 0.25) is 0 Å². The first-order chi connectivity index (χ1) is 12.9. The highest BCUT2D eigenvalue weighted by atomic mass is 16.5. The van der Waals surface area contributed by atoms with Gasteiger partial charge >= 0.3 is 11.9 Å². The molecule has 1 fully saturated rings. The van der Waals surface area contributed by atoms with Crippen molar-refractivity contribution in [3.63, 3.8) is 0 Å². The van der Waals surface area contributed by atoms with Gasteiger partial charge in [-0.2, -0.15) is 0 Å². The first-order valence-electron chi connectivity index (χ1n) is 8.66. The van der Waals surface area contributed by atoms with E-state index in [1.807, 2.05) is 32.0 Å². The van der Waals surface area contributed by atoms with E-state index in [-0.39, 0.29) is 12.3 Å². The van der Waals surface area contributed by atoms with E-state index in [1.54, 1.807) is 4.90 Å². The molecule has 0 radical (unpaired) electrons. The van der Waals surface area contributed by atoms with Gasteiger partial charge in [-0.25, -0.2) is 4.79 Å². The van der Waals surface area contributed by atoms with Gasteiger partial charge in [0, 0.05) is 18.7 Å². The van der Waals surface area contributed by atoms with Crippen LogP contribution in [0.15, 0.2) is 42.5 Å². The van der Waals surface area contributed by atoms with Crippen molar-refractivity contribution in [3.05, 3.63) is 59.2 Å². The first kappa shape index (κ1) is 18.6. The zero-order chi connectivity index (χ0) is 19.6. The lowest BCUT2D eigenvalue weighted by Crippen LogP contribution is -2.27. The van der Waals surface area contributed by atoms with Crippen LogP contribution in [0.5, 0.6) is 5.75 Å². The molecule has 0 saturated carbocycles. The molecule has 140 valence electrons. The van der Waals surface area contributed by atoms with Gasteiger partial charge in [0.1, 0.15) is 5.75 Å². The van der Waals surface area contributed by atoms with E-state index in [1.165, 1.54) is 31.4 Å². The van der Waals surface area contributed by atoms with Gasteiger partial charge in [0.05, 0.1) is 18.6 Å². The highest BCUT2D eigenvalue weighted by Gasteiger charge is 2.37. The number of hydrogen-bond donors (Lipinski definition) is 0. The average molecular weight is 367 g/mol. The molecule has 0 spiro atoms. The van der Waals surface area contributed by atoms with Crippen LogP contribution in [0.25, 0.3) is 0 Å². The third-order valence-corrected chi connectivity index (χ3v) is 4.61. The molecule has 2 aromatic rings. The number of esters is 2. The van der Waals surface area contributed by atoms with E-state index < -0.39 is 17.9 Å². The number of carbonyl (C=O) groups is 3. The second kappa shape index (κ2) is 7.61. The Balaban J connectivity index is 1.69. The van der Waals surface area contributed by atoms with Crippen molar-refractivity contribution in [2.45, 2.75) is 20.3 Å². The van der Waals surface area contributed by atoms with Gasteiger partial charge in [-0.1, -0.05) is 12.1 Å². The lowest BCUT2D eigenvalue weighted by Gasteiger charge is -2.19. The fourth-order valence-corrected chi connectivity index (χ4v) is 3.08. The summed E-state index contributed by atoms with van der Waals surface area (Å²) >= 11 is 0. The van der Waals surface area contributed by atoms with Gasteiger partial charge < -0.3 is 14.4 Å². The topological polar surface area (TPSA) is 72.9 Å². The van der Waals surface area contributed by atoms with E-state index in [0.29, 0.717) is 17.9 Å². The van der Waals surface area contributed by atoms with Crippen LogP contribution < -0.4 is 9.64 Å². The maximum absolute atomic E-state index is 12.5. The minimum Gasteiger partial charge on any atom is -0.465 e. The summed E-state index contributed by atoms with van der Waals surface area (Å²) in [6.45, 7) is 4.20. The predicted molar refractivity (Wildman–Crippen MR) is 99.8 cm³/mol. The normalized spacial score (nSPS) is 16.3. The van der Waals surface area contributed by atoms with Gasteiger partial charge in [0.2, 0.25) is 5.91 Å². The number of hydrogen-bond acceptors (Lipinski definition) is 5. The van der Waals surface area contributed by atoms with Gasteiger partial charge in [-0.15, -0.1) is 0 Å². The third kappa shape index (κ3) is 4.00. The Morgan fingerprint density at radius 1 is 1.07 bits per heavy atom. The van der Waals surface area contributed by atoms with E-state index in [9.17, 15) is 14.4 Å². The second-order valence-electron chi connectivity index (χ2n) is 6.63. The number of amides is 1. The molecule has 1 atom stereocenters. The van der Waals surface area contributed by atoms with Gasteiger partial charge in [0.15, 0.2) is 0 Å². The van der Waals surface area contributed by atoms with Crippen molar-refractivity contribution in [3.8, 4) is 5.75 Å². The standard InChI is InChI=1S/C21H21NO5/c1-13-4-5-14(2)18(10-13)22-12-16(11-19(22)23)21(25)27-17-8-6-15(7-9-17)20(24)26-3/h4-10,16H,11-12H2,1-3H3/t16-/m1/s1. The highest BCUT2D eigenvalue weighted by Crippen LogP contribution is 2.29. The van der Waals surface area contributed by atoms with Crippen LogP contribution in [0.3, 0.4) is 0 Å². The minimum absolute atomic E-state index is 0.0910. The van der Waals surface area contributed by atoms with E-state index in [0.717, 1.165) is 16.8 Å². The van der Waals surface area contributed by atoms with Crippen molar-refractivity contribution in [2.24, 2.45) is 5.92 Å². The summed E-state index contributed by atoms with van der Waals surface area (Å²) < 4.78 is 10.0. The van der Waals surface area contributed by atoms with E-state index in [2.05, 4.69) is 4.74 Å². The van der Waals surface area contributed by atoms with Crippen LogP contribution in [0, 0.1) is 19.8 Å². The van der Waals surface area contributed by atoms with Crippen molar-refractivity contribution >= 4 is 23.5 Å². The number of ether oxygens (including phenoxy) is 2. The molecule has 1 saturated heterocycles. The summed E-state index contributed by atoms with van der Waals surface area (Å²) in [6, 6.07) is 12.0. The summed E-state index contributed by atoms with van der Waals surface area (Å²) in [5.74, 6) is -1.21. The summed E-state index contributed by atoms with van der Waals surface area (Å²) in [7, 11) is 1.30. The van der Waals surface area contributed by atoms with Gasteiger partial charge in [-0.05, 0) is 55.3 Å². The molecule has 6 nitrogen and oxygen atoms in total. The second-order valence-corrected chi connectivity index (χ2v) is 6.63. The fraction of sp³-hybridized carbons (Fsp3) is 0.286. The molecule has 1 heterocycles. The number of anilines is 1. The number of rotatable bonds is 4. The minimum atomic E-state index is -0.530. The van der Waals surface area contributed by atoms with Crippen molar-refractivity contribution in [1.29, 1.82) is 0 Å². The van der Waals surface area contributed by atoms with Crippen molar-refractivity contribution < 1.29 is 23.9 Å². The summed E-state index contributed by atoms with van der Waals surface area (Å²) in [5.41, 5.74) is 3.24. The average Bonchev–Trinajstić information content (AvgIpc) is 3.05. The monoisotopic (exact) mass is 367 g/mol. The van der Waals surface area contributed by atoms with Crippen LogP contribution in [-0.2, 0) is 14.3 Å². The Bertz CT molecular complexity index is 888. The van der Waals surface area contributed by atoms with Crippen molar-refractivity contribution in [2.75, 3.05) is 18.6 Å². The number of nitrogens with zero attached hydrogens (tertiary/aromatic N) is 1. The Kier molecular flexibility index (Phi) is 5.26. The lowest BCUT2D eigenvalue weighted by molar-refractivity contribution is -0.139. The maximum Gasteiger partial charge on any atom is 0.337 e. The molecule has 3 rings (SSSR count). The molecule has 0 bridgehead atoms. The molecule has 0 aromatic heterocycles. The predicted octanol–water partition coefficient (Wildman–Crippen LogP) is 3.05. The Labute approximate surface area is 157 Å². The summed E-state index contributed by atoms with van der Waals surface area (Å²) in [4.78, 5) is 38.0. The van der Waals surface area contributed by atoms with Gasteiger partial charge in [-0.3, -0.25) is 9.59 Å². The molecule has 0 aliphatic carbocycles. The number of benzene rings is 2. The largest absolute Gasteiger partial charge is 0.465 e. The van der Waals surface area contributed by atoms with Crippen LogP contribution in [0.1, 0.15) is 27.9 Å². The Hall–Kier alpha value is -3.15. The molecule has 1 aliphatic heterocycles. The van der Waals surface area contributed by atoms with E-state index in [4.69, 9.17) is 4.74 Å². The third-order valence-electron chi connectivity index (χ3n) is 4.61. The van der Waals surface area contributed by atoms with Gasteiger partial charge in [0.25, 0.3) is 0 Å². The molecule has 2 aromatic carbocycles. The SMILES string of the molecule is COC(=O)c1ccc(OC(=O)[C@@H]2CC(=O)N(c3cc(C)ccc3C)C2)cc1. The quantitative estimate of drug-likeness (QED) is 0.613. The number of carbonyl (C=O) groups excluding carboxylic acids is 3. The number of methoxy groups -OCH3 is 1. The van der Waals surface area contributed by atoms with Crippen molar-refractivity contribution in [1.82, 2.24) is 0 Å². The highest BCUT2D eigenvalue weighted by molar-refractivity contribution is 6.00. The summed E-state index contributed by atoms with van der Waals surface area (Å²) in [6.07, 6.45) is 0.118. The molecule has 6 heteroatoms. The maximum atomic E-state index is 12.5. The molecule has 27 heavy (non-hydrogen) atoms. The zero-order valence-corrected chi connectivity index (χ0v) is 15.5. The molecule has 1 aliphatic rings. The van der Waals surface area contributed by atoms with Crippen LogP contribution in [-0.4, -0.2) is 31.5 Å².